The first-order valence-corrected chi connectivity index (χ1v) is 1.81. The SMILES string of the molecule is [CH2]NC(=O)C#CC. The summed E-state index contributed by atoms with van der Waals surface area (Å²) in [6, 6.07) is 0. The van der Waals surface area contributed by atoms with Gasteiger partial charge in [-0.25, -0.2) is 0 Å². The molecular weight excluding hydrogens is 90.1 g/mol. The molecule has 0 bridgehead atoms. The Morgan fingerprint density at radius 3 is 2.57 bits per heavy atom. The molecular formula is C5H6NO. The van der Waals surface area contributed by atoms with Gasteiger partial charge in [-0.2, -0.15) is 0 Å². The molecule has 0 aromatic rings. The smallest absolute Gasteiger partial charge is 0.295 e. The highest BCUT2D eigenvalue weighted by atomic mass is 16.1. The summed E-state index contributed by atoms with van der Waals surface area (Å²) in [6.07, 6.45) is 0. The molecule has 0 atom stereocenters. The largest absolute Gasteiger partial charge is 0.343 e. The molecule has 0 saturated carbocycles. The Labute approximate surface area is 42.9 Å². The lowest BCUT2D eigenvalue weighted by Crippen LogP contribution is -2.11. The lowest BCUT2D eigenvalue weighted by molar-refractivity contribution is -0.114. The highest BCUT2D eigenvalue weighted by Crippen LogP contribution is 1.54. The second-order valence-electron chi connectivity index (χ2n) is 0.881. The predicted octanol–water partition coefficient (Wildman–Crippen LogP) is -0.0825. The molecule has 0 aromatic carbocycles. The summed E-state index contributed by atoms with van der Waals surface area (Å²) < 4.78 is 0. The molecule has 0 aliphatic carbocycles. The third kappa shape index (κ3) is 2.84. The lowest BCUT2D eigenvalue weighted by Gasteiger charge is -1.80. The average Bonchev–Trinajstić information content (AvgIpc) is 1.68. The molecule has 0 aliphatic heterocycles. The van der Waals surface area contributed by atoms with Gasteiger partial charge in [-0.05, 0) is 12.8 Å². The molecule has 1 radical (unpaired) electrons. The van der Waals surface area contributed by atoms with Crippen LogP contribution in [-0.4, -0.2) is 5.91 Å². The van der Waals surface area contributed by atoms with E-state index in [1.165, 1.54) is 0 Å². The number of amides is 1. The molecule has 2 heteroatoms. The van der Waals surface area contributed by atoms with E-state index < -0.39 is 0 Å². The molecule has 1 N–H and O–H groups in total. The summed E-state index contributed by atoms with van der Waals surface area (Å²) in [6.45, 7) is 1.59. The average molecular weight is 96.1 g/mol. The van der Waals surface area contributed by atoms with Crippen LogP contribution in [0.4, 0.5) is 0 Å². The Balaban J connectivity index is 3.52. The summed E-state index contributed by atoms with van der Waals surface area (Å²) in [5.41, 5.74) is 0. The highest BCUT2D eigenvalue weighted by molar-refractivity contribution is 5.93. The first-order valence-electron chi connectivity index (χ1n) is 1.81. The van der Waals surface area contributed by atoms with Gasteiger partial charge >= 0.3 is 0 Å². The van der Waals surface area contributed by atoms with E-state index in [0.29, 0.717) is 0 Å². The minimum atomic E-state index is -0.345. The van der Waals surface area contributed by atoms with Crippen molar-refractivity contribution in [2.24, 2.45) is 0 Å². The molecule has 0 rings (SSSR count). The van der Waals surface area contributed by atoms with Gasteiger partial charge in [0.05, 0.1) is 0 Å². The maximum absolute atomic E-state index is 10.1. The molecule has 0 heterocycles. The first kappa shape index (κ1) is 6.03. The Hall–Kier alpha value is -0.970. The van der Waals surface area contributed by atoms with E-state index in [9.17, 15) is 4.79 Å². The van der Waals surface area contributed by atoms with E-state index >= 15 is 0 Å². The number of rotatable bonds is 0. The van der Waals surface area contributed by atoms with Crippen molar-refractivity contribution < 1.29 is 4.79 Å². The molecule has 0 fully saturated rings. The van der Waals surface area contributed by atoms with Crippen molar-refractivity contribution in [3.8, 4) is 11.8 Å². The summed E-state index contributed by atoms with van der Waals surface area (Å²) in [7, 11) is 3.10. The first-order chi connectivity index (χ1) is 3.31. The number of hydrogen-bond acceptors (Lipinski definition) is 1. The third-order valence-electron chi connectivity index (χ3n) is 0.399. The fraction of sp³-hybridized carbons (Fsp3) is 0.200. The van der Waals surface area contributed by atoms with Crippen LogP contribution in [0.3, 0.4) is 0 Å². The fourth-order valence-corrected chi connectivity index (χ4v) is 0.158. The van der Waals surface area contributed by atoms with Crippen LogP contribution in [0.25, 0.3) is 0 Å². The van der Waals surface area contributed by atoms with E-state index in [0.717, 1.165) is 0 Å². The zero-order chi connectivity index (χ0) is 5.70. The molecule has 0 aromatic heterocycles. The summed E-state index contributed by atoms with van der Waals surface area (Å²) in [5.74, 6) is 4.30. The molecule has 0 saturated heterocycles. The number of nitrogens with one attached hydrogen (secondary N) is 1. The fourth-order valence-electron chi connectivity index (χ4n) is 0.158. The van der Waals surface area contributed by atoms with Gasteiger partial charge in [0.25, 0.3) is 5.91 Å². The second kappa shape index (κ2) is 3.23. The zero-order valence-corrected chi connectivity index (χ0v) is 4.12. The summed E-state index contributed by atoms with van der Waals surface area (Å²) >= 11 is 0. The van der Waals surface area contributed by atoms with Gasteiger partial charge in [0.2, 0.25) is 0 Å². The van der Waals surface area contributed by atoms with Crippen molar-refractivity contribution >= 4 is 5.91 Å². The Kier molecular flexibility index (Phi) is 2.78. The van der Waals surface area contributed by atoms with E-state index in [4.69, 9.17) is 0 Å². The van der Waals surface area contributed by atoms with Gasteiger partial charge in [-0.1, -0.05) is 5.92 Å². The maximum atomic E-state index is 10.1. The van der Waals surface area contributed by atoms with Crippen molar-refractivity contribution in [3.63, 3.8) is 0 Å². The van der Waals surface area contributed by atoms with Crippen LogP contribution in [0, 0.1) is 18.9 Å². The van der Waals surface area contributed by atoms with Gasteiger partial charge < -0.3 is 5.32 Å². The Morgan fingerprint density at radius 1 is 1.86 bits per heavy atom. The number of carbonyl (C=O) groups excluding carboxylic acids is 1. The molecule has 0 unspecified atom stereocenters. The van der Waals surface area contributed by atoms with Gasteiger partial charge in [-0.3, -0.25) is 4.79 Å². The maximum Gasteiger partial charge on any atom is 0.295 e. The van der Waals surface area contributed by atoms with Gasteiger partial charge in [0.15, 0.2) is 0 Å². The van der Waals surface area contributed by atoms with Gasteiger partial charge in [0, 0.05) is 7.05 Å². The van der Waals surface area contributed by atoms with Gasteiger partial charge in [-0.15, -0.1) is 0 Å². The van der Waals surface area contributed by atoms with Crippen molar-refractivity contribution in [2.45, 2.75) is 6.92 Å². The van der Waals surface area contributed by atoms with Crippen LogP contribution in [0.1, 0.15) is 6.92 Å². The topological polar surface area (TPSA) is 29.1 Å². The molecule has 1 amide bonds. The minimum absolute atomic E-state index is 0.345. The highest BCUT2D eigenvalue weighted by Gasteiger charge is 1.81. The minimum Gasteiger partial charge on any atom is -0.343 e. The molecule has 0 aliphatic rings. The van der Waals surface area contributed by atoms with E-state index in [1.807, 2.05) is 0 Å². The van der Waals surface area contributed by atoms with Crippen molar-refractivity contribution in [1.29, 1.82) is 0 Å². The van der Waals surface area contributed by atoms with E-state index in [1.54, 1.807) is 6.92 Å². The van der Waals surface area contributed by atoms with Gasteiger partial charge in [0.1, 0.15) is 0 Å². The van der Waals surface area contributed by atoms with E-state index in [-0.39, 0.29) is 5.91 Å². The quantitative estimate of drug-likeness (QED) is 0.420. The van der Waals surface area contributed by atoms with E-state index in [2.05, 4.69) is 24.2 Å². The summed E-state index contributed by atoms with van der Waals surface area (Å²) in [5, 5.41) is 2.10. The Bertz CT molecular complexity index is 118. The molecule has 2 nitrogen and oxygen atoms in total. The summed E-state index contributed by atoms with van der Waals surface area (Å²) in [4.78, 5) is 10.1. The predicted molar refractivity (Wildman–Crippen MR) is 26.9 cm³/mol. The van der Waals surface area contributed by atoms with Crippen molar-refractivity contribution in [3.05, 3.63) is 7.05 Å². The molecule has 0 spiro atoms. The van der Waals surface area contributed by atoms with Crippen LogP contribution < -0.4 is 5.32 Å². The van der Waals surface area contributed by atoms with Crippen LogP contribution in [0.15, 0.2) is 0 Å². The number of hydrogen-bond donors (Lipinski definition) is 1. The molecule has 37 valence electrons. The lowest BCUT2D eigenvalue weighted by atomic mass is 10.6. The van der Waals surface area contributed by atoms with Crippen molar-refractivity contribution in [2.75, 3.05) is 0 Å². The second-order valence-corrected chi connectivity index (χ2v) is 0.881. The van der Waals surface area contributed by atoms with Crippen LogP contribution in [0.5, 0.6) is 0 Å². The Morgan fingerprint density at radius 2 is 2.43 bits per heavy atom. The van der Waals surface area contributed by atoms with Crippen LogP contribution >= 0.6 is 0 Å². The van der Waals surface area contributed by atoms with Crippen LogP contribution in [-0.2, 0) is 4.79 Å². The zero-order valence-electron chi connectivity index (χ0n) is 4.12. The standard InChI is InChI=1S/C5H6NO/c1-3-4-5(7)6-2/h2H2,1H3,(H,6,7). The molecule has 7 heavy (non-hydrogen) atoms. The normalized spacial score (nSPS) is 6.00. The monoisotopic (exact) mass is 96.0 g/mol. The number of carbonyl (C=O) groups is 1. The van der Waals surface area contributed by atoms with Crippen LogP contribution in [0.2, 0.25) is 0 Å². The van der Waals surface area contributed by atoms with Crippen molar-refractivity contribution in [1.82, 2.24) is 5.32 Å². The third-order valence-corrected chi connectivity index (χ3v) is 0.399.